The lowest BCUT2D eigenvalue weighted by Crippen LogP contribution is -2.24. The van der Waals surface area contributed by atoms with Gasteiger partial charge in [0, 0.05) is 31.2 Å². The topological polar surface area (TPSA) is 47.8 Å². The van der Waals surface area contributed by atoms with Crippen LogP contribution in [0, 0.1) is 19.3 Å². The first kappa shape index (κ1) is 25.3. The van der Waals surface area contributed by atoms with Crippen molar-refractivity contribution < 1.29 is 13.6 Å². The number of halogens is 2. The van der Waals surface area contributed by atoms with Gasteiger partial charge >= 0.3 is 5.92 Å². The average Bonchev–Trinajstić information content (AvgIpc) is 3.45. The van der Waals surface area contributed by atoms with Crippen molar-refractivity contribution in [2.45, 2.75) is 97.4 Å². The standard InChI is InChI=1S/C27H37F2N3O/c1-7-8-21(17-23(33)16-20-10-9-18(2)15-19(20)3)24-30-31-25(32(24)22-11-12-22)27(28,29)14-13-26(4,5)6/h7,9-10,15,21-22H,1,8,11-14,16-17H2,2-6H3. The van der Waals surface area contributed by atoms with Crippen molar-refractivity contribution in [2.75, 3.05) is 0 Å². The van der Waals surface area contributed by atoms with Crippen LogP contribution in [0.5, 0.6) is 0 Å². The second-order valence-corrected chi connectivity index (χ2v) is 10.8. The maximum absolute atomic E-state index is 15.2. The van der Waals surface area contributed by atoms with Crippen molar-refractivity contribution in [3.8, 4) is 0 Å². The van der Waals surface area contributed by atoms with Gasteiger partial charge in [0.05, 0.1) is 0 Å². The van der Waals surface area contributed by atoms with Crippen LogP contribution in [0.2, 0.25) is 0 Å². The number of ketones is 1. The summed E-state index contributed by atoms with van der Waals surface area (Å²) in [5, 5.41) is 8.21. The molecule has 0 radical (unpaired) electrons. The van der Waals surface area contributed by atoms with E-state index in [0.717, 1.165) is 29.5 Å². The highest BCUT2D eigenvalue weighted by atomic mass is 19.3. The fourth-order valence-electron chi connectivity index (χ4n) is 4.25. The maximum Gasteiger partial charge on any atom is 0.306 e. The second-order valence-electron chi connectivity index (χ2n) is 10.8. The fraction of sp³-hybridized carbons (Fsp3) is 0.593. The molecule has 1 heterocycles. The molecule has 33 heavy (non-hydrogen) atoms. The molecule has 0 aliphatic heterocycles. The largest absolute Gasteiger partial charge is 0.307 e. The van der Waals surface area contributed by atoms with E-state index in [1.54, 1.807) is 10.6 Å². The molecule has 1 atom stereocenters. The number of hydrogen-bond acceptors (Lipinski definition) is 3. The highest BCUT2D eigenvalue weighted by molar-refractivity contribution is 5.82. The summed E-state index contributed by atoms with van der Waals surface area (Å²) in [5.41, 5.74) is 3.06. The van der Waals surface area contributed by atoms with E-state index in [4.69, 9.17) is 0 Å². The van der Waals surface area contributed by atoms with Crippen molar-refractivity contribution >= 4 is 5.78 Å². The van der Waals surface area contributed by atoms with E-state index >= 15 is 8.78 Å². The SMILES string of the molecule is C=CCC(CC(=O)Cc1ccc(C)cc1C)c1nnc(C(F)(F)CCC(C)(C)C)n1C1CC1. The zero-order valence-electron chi connectivity index (χ0n) is 20.6. The number of benzene rings is 1. The molecule has 1 aliphatic carbocycles. The Morgan fingerprint density at radius 2 is 1.91 bits per heavy atom. The number of Topliss-reactive ketones (excluding diaryl/α,β-unsaturated/α-hetero) is 1. The molecular weight excluding hydrogens is 420 g/mol. The van der Waals surface area contributed by atoms with Crippen LogP contribution in [0.25, 0.3) is 0 Å². The minimum absolute atomic E-state index is 0.00716. The van der Waals surface area contributed by atoms with Gasteiger partial charge in [0.25, 0.3) is 0 Å². The number of aryl methyl sites for hydroxylation is 2. The Bertz CT molecular complexity index is 999. The normalized spacial score (nSPS) is 15.5. The third kappa shape index (κ3) is 6.58. The van der Waals surface area contributed by atoms with E-state index in [9.17, 15) is 4.79 Å². The number of rotatable bonds is 11. The Morgan fingerprint density at radius 1 is 1.21 bits per heavy atom. The van der Waals surface area contributed by atoms with Crippen LogP contribution in [-0.4, -0.2) is 20.5 Å². The zero-order valence-corrected chi connectivity index (χ0v) is 20.6. The van der Waals surface area contributed by atoms with Crippen LogP contribution in [0.4, 0.5) is 8.78 Å². The lowest BCUT2D eigenvalue weighted by Gasteiger charge is -2.24. The molecule has 4 nitrogen and oxygen atoms in total. The van der Waals surface area contributed by atoms with Gasteiger partial charge in [0.1, 0.15) is 11.6 Å². The van der Waals surface area contributed by atoms with Crippen LogP contribution in [0.1, 0.15) is 99.6 Å². The van der Waals surface area contributed by atoms with E-state index in [1.807, 2.05) is 46.8 Å². The van der Waals surface area contributed by atoms with Gasteiger partial charge in [-0.05, 0) is 56.1 Å². The summed E-state index contributed by atoms with van der Waals surface area (Å²) in [5.74, 6) is -3.04. The predicted molar refractivity (Wildman–Crippen MR) is 128 cm³/mol. The van der Waals surface area contributed by atoms with Gasteiger partial charge in [-0.25, -0.2) is 0 Å². The first-order valence-corrected chi connectivity index (χ1v) is 11.9. The molecule has 1 unspecified atom stereocenters. The summed E-state index contributed by atoms with van der Waals surface area (Å²) >= 11 is 0. The molecule has 0 bridgehead atoms. The van der Waals surface area contributed by atoms with E-state index in [-0.39, 0.29) is 41.8 Å². The van der Waals surface area contributed by atoms with Crippen molar-refractivity contribution in [1.29, 1.82) is 0 Å². The van der Waals surface area contributed by atoms with Crippen molar-refractivity contribution in [3.05, 3.63) is 59.2 Å². The third-order valence-corrected chi connectivity index (χ3v) is 6.33. The molecule has 0 spiro atoms. The summed E-state index contributed by atoms with van der Waals surface area (Å²) in [6, 6.07) is 6.06. The number of alkyl halides is 2. The Kier molecular flexibility index (Phi) is 7.55. The number of allylic oxidation sites excluding steroid dienone is 1. The molecule has 3 rings (SSSR count). The molecule has 1 aromatic carbocycles. The Labute approximate surface area is 196 Å². The van der Waals surface area contributed by atoms with E-state index < -0.39 is 5.92 Å². The number of aromatic nitrogens is 3. The van der Waals surface area contributed by atoms with Crippen molar-refractivity contribution in [3.63, 3.8) is 0 Å². The van der Waals surface area contributed by atoms with Crippen molar-refractivity contribution in [1.82, 2.24) is 14.8 Å². The van der Waals surface area contributed by atoms with Crippen LogP contribution in [0.3, 0.4) is 0 Å². The third-order valence-electron chi connectivity index (χ3n) is 6.33. The molecule has 0 amide bonds. The van der Waals surface area contributed by atoms with Gasteiger partial charge < -0.3 is 4.57 Å². The predicted octanol–water partition coefficient (Wildman–Crippen LogP) is 7.01. The molecule has 1 saturated carbocycles. The van der Waals surface area contributed by atoms with Gasteiger partial charge in [-0.3, -0.25) is 4.79 Å². The molecular formula is C27H37F2N3O. The van der Waals surface area contributed by atoms with Crippen LogP contribution in [-0.2, 0) is 17.1 Å². The van der Waals surface area contributed by atoms with Crippen LogP contribution in [0.15, 0.2) is 30.9 Å². The van der Waals surface area contributed by atoms with E-state index in [2.05, 4.69) is 22.8 Å². The Hall–Kier alpha value is -2.37. The lowest BCUT2D eigenvalue weighted by atomic mass is 9.89. The summed E-state index contributed by atoms with van der Waals surface area (Å²) in [4.78, 5) is 13.0. The summed E-state index contributed by atoms with van der Waals surface area (Å²) in [7, 11) is 0. The molecule has 1 aliphatic rings. The summed E-state index contributed by atoms with van der Waals surface area (Å²) < 4.78 is 32.1. The first-order chi connectivity index (χ1) is 15.4. The molecule has 1 aromatic heterocycles. The van der Waals surface area contributed by atoms with Crippen molar-refractivity contribution in [2.24, 2.45) is 5.41 Å². The van der Waals surface area contributed by atoms with Crippen LogP contribution >= 0.6 is 0 Å². The quantitative estimate of drug-likeness (QED) is 0.341. The summed E-state index contributed by atoms with van der Waals surface area (Å²) in [6.07, 6.45) is 4.59. The molecule has 1 fully saturated rings. The highest BCUT2D eigenvalue weighted by Gasteiger charge is 2.43. The van der Waals surface area contributed by atoms with Gasteiger partial charge in [0.2, 0.25) is 5.82 Å². The minimum Gasteiger partial charge on any atom is -0.307 e. The second kappa shape index (κ2) is 9.86. The minimum atomic E-state index is -3.05. The van der Waals surface area contributed by atoms with Crippen LogP contribution < -0.4 is 0 Å². The smallest absolute Gasteiger partial charge is 0.306 e. The van der Waals surface area contributed by atoms with Gasteiger partial charge in [0.15, 0.2) is 0 Å². The van der Waals surface area contributed by atoms with E-state index in [0.29, 0.717) is 25.1 Å². The van der Waals surface area contributed by atoms with Gasteiger partial charge in [-0.1, -0.05) is 50.6 Å². The number of carbonyl (C=O) groups excluding carboxylic acids is 1. The number of hydrogen-bond donors (Lipinski definition) is 0. The van der Waals surface area contributed by atoms with E-state index in [1.165, 1.54) is 0 Å². The Morgan fingerprint density at radius 3 is 2.48 bits per heavy atom. The molecule has 6 heteroatoms. The average molecular weight is 458 g/mol. The Balaban J connectivity index is 1.84. The summed E-state index contributed by atoms with van der Waals surface area (Å²) in [6.45, 7) is 13.7. The number of nitrogens with zero attached hydrogens (tertiary/aromatic N) is 3. The monoisotopic (exact) mass is 457 g/mol. The van der Waals surface area contributed by atoms with Gasteiger partial charge in [-0.15, -0.1) is 16.8 Å². The molecule has 0 N–H and O–H groups in total. The molecule has 180 valence electrons. The molecule has 2 aromatic rings. The fourth-order valence-corrected chi connectivity index (χ4v) is 4.25. The highest BCUT2D eigenvalue weighted by Crippen LogP contribution is 2.44. The van der Waals surface area contributed by atoms with Gasteiger partial charge in [-0.2, -0.15) is 8.78 Å². The number of carbonyl (C=O) groups is 1. The molecule has 0 saturated heterocycles. The first-order valence-electron chi connectivity index (χ1n) is 11.9. The zero-order chi connectivity index (χ0) is 24.4. The lowest BCUT2D eigenvalue weighted by molar-refractivity contribution is -0.118. The maximum atomic E-state index is 15.2.